The Kier molecular flexibility index (Phi) is 6.08. The van der Waals surface area contributed by atoms with Gasteiger partial charge in [-0.25, -0.2) is 13.4 Å². The Hall–Kier alpha value is -2.75. The molecule has 1 aliphatic rings. The van der Waals surface area contributed by atoms with Crippen LogP contribution in [0.2, 0.25) is 0 Å². The molecule has 162 valence electrons. The summed E-state index contributed by atoms with van der Waals surface area (Å²) >= 11 is 1.31. The van der Waals surface area contributed by atoms with Gasteiger partial charge in [0.2, 0.25) is 10.0 Å². The Morgan fingerprint density at radius 1 is 1.13 bits per heavy atom. The number of rotatable bonds is 6. The van der Waals surface area contributed by atoms with Crippen LogP contribution < -0.4 is 10.1 Å². The number of nitrogens with zero attached hydrogens (tertiary/aromatic N) is 2. The Morgan fingerprint density at radius 3 is 2.58 bits per heavy atom. The van der Waals surface area contributed by atoms with Crippen LogP contribution >= 0.6 is 11.3 Å². The third-order valence-electron chi connectivity index (χ3n) is 4.97. The molecule has 31 heavy (non-hydrogen) atoms. The third kappa shape index (κ3) is 4.63. The number of fused-ring (bicyclic) bond motifs is 1. The Balaban J connectivity index is 1.51. The molecule has 0 fully saturated rings. The maximum absolute atomic E-state index is 12.9. The van der Waals surface area contributed by atoms with Gasteiger partial charge in [-0.15, -0.1) is 11.3 Å². The van der Waals surface area contributed by atoms with E-state index < -0.39 is 15.3 Å². The molecule has 0 saturated carbocycles. The Bertz CT molecular complexity index is 1190. The van der Waals surface area contributed by atoms with Crippen LogP contribution in [0.15, 0.2) is 54.6 Å². The van der Waals surface area contributed by atoms with E-state index in [-0.39, 0.29) is 12.5 Å². The van der Waals surface area contributed by atoms with Crippen molar-refractivity contribution in [2.75, 3.05) is 11.9 Å². The van der Waals surface area contributed by atoms with Crippen LogP contribution in [0.1, 0.15) is 34.8 Å². The number of carbonyl (C=O) groups excluding carboxylic acids is 1. The third-order valence-corrected chi connectivity index (χ3v) is 8.20. The van der Waals surface area contributed by atoms with E-state index >= 15 is 0 Å². The fourth-order valence-electron chi connectivity index (χ4n) is 3.26. The van der Waals surface area contributed by atoms with E-state index in [4.69, 9.17) is 4.74 Å². The van der Waals surface area contributed by atoms with Gasteiger partial charge >= 0.3 is 0 Å². The minimum Gasteiger partial charge on any atom is -0.457 e. The maximum atomic E-state index is 12.9. The summed E-state index contributed by atoms with van der Waals surface area (Å²) in [6.07, 6.45) is 0.529. The van der Waals surface area contributed by atoms with E-state index in [1.807, 2.05) is 30.3 Å². The van der Waals surface area contributed by atoms with Gasteiger partial charge in [0.05, 0.1) is 16.5 Å². The van der Waals surface area contributed by atoms with Crippen molar-refractivity contribution in [2.45, 2.75) is 32.1 Å². The second kappa shape index (κ2) is 8.78. The van der Waals surface area contributed by atoms with E-state index in [1.54, 1.807) is 38.1 Å². The van der Waals surface area contributed by atoms with E-state index in [9.17, 15) is 13.2 Å². The summed E-state index contributed by atoms with van der Waals surface area (Å²) in [5, 5.41) is 2.82. The first-order chi connectivity index (χ1) is 14.8. The molecule has 0 spiro atoms. The average Bonchev–Trinajstić information content (AvgIpc) is 3.16. The van der Waals surface area contributed by atoms with E-state index in [0.29, 0.717) is 35.2 Å². The summed E-state index contributed by atoms with van der Waals surface area (Å²) in [4.78, 5) is 18.3. The van der Waals surface area contributed by atoms with Crippen molar-refractivity contribution in [3.63, 3.8) is 0 Å². The summed E-state index contributed by atoms with van der Waals surface area (Å²) < 4.78 is 32.3. The zero-order chi connectivity index (χ0) is 22.0. The fourth-order valence-corrected chi connectivity index (χ4v) is 5.62. The number of amides is 1. The van der Waals surface area contributed by atoms with Crippen LogP contribution in [-0.4, -0.2) is 35.4 Å². The molecule has 0 radical (unpaired) electrons. The van der Waals surface area contributed by atoms with Crippen LogP contribution in [0, 0.1) is 0 Å². The lowest BCUT2D eigenvalue weighted by atomic mass is 10.2. The van der Waals surface area contributed by atoms with Gasteiger partial charge in [-0.1, -0.05) is 30.3 Å². The molecule has 0 aliphatic carbocycles. The average molecular weight is 458 g/mol. The minimum atomic E-state index is -3.33. The SMILES string of the molecule is CC(C)S(=O)(=O)N1CCc2nc(NC(=O)c3ccccc3Oc3ccccc3)sc2C1. The number of para-hydroxylation sites is 2. The molecule has 0 atom stereocenters. The summed E-state index contributed by atoms with van der Waals surface area (Å²) in [7, 11) is -3.33. The van der Waals surface area contributed by atoms with Crippen molar-refractivity contribution in [3.8, 4) is 11.5 Å². The summed E-state index contributed by atoms with van der Waals surface area (Å²) in [6.45, 7) is 4.05. The molecule has 7 nitrogen and oxygen atoms in total. The number of hydrogen-bond acceptors (Lipinski definition) is 6. The van der Waals surface area contributed by atoms with Crippen LogP contribution in [0.3, 0.4) is 0 Å². The monoisotopic (exact) mass is 457 g/mol. The number of sulfonamides is 1. The number of hydrogen-bond donors (Lipinski definition) is 1. The number of thiazole rings is 1. The van der Waals surface area contributed by atoms with Crippen LogP contribution in [-0.2, 0) is 23.0 Å². The molecule has 1 aliphatic heterocycles. The van der Waals surface area contributed by atoms with Crippen molar-refractivity contribution < 1.29 is 17.9 Å². The number of nitrogens with one attached hydrogen (secondary N) is 1. The largest absolute Gasteiger partial charge is 0.457 e. The Morgan fingerprint density at radius 2 is 1.84 bits per heavy atom. The lowest BCUT2D eigenvalue weighted by molar-refractivity contribution is 0.102. The van der Waals surface area contributed by atoms with Gasteiger partial charge < -0.3 is 4.74 Å². The highest BCUT2D eigenvalue weighted by molar-refractivity contribution is 7.89. The lowest BCUT2D eigenvalue weighted by Gasteiger charge is -2.26. The van der Waals surface area contributed by atoms with E-state index in [0.717, 1.165) is 10.6 Å². The fraction of sp³-hybridized carbons (Fsp3) is 0.273. The molecule has 1 amide bonds. The highest BCUT2D eigenvalue weighted by Gasteiger charge is 2.31. The van der Waals surface area contributed by atoms with Gasteiger partial charge in [0, 0.05) is 24.4 Å². The van der Waals surface area contributed by atoms with Crippen LogP contribution in [0.25, 0.3) is 0 Å². The quantitative estimate of drug-likeness (QED) is 0.597. The molecule has 2 heterocycles. The second-order valence-electron chi connectivity index (χ2n) is 7.43. The summed E-state index contributed by atoms with van der Waals surface area (Å²) in [5.74, 6) is 0.755. The molecule has 1 N–H and O–H groups in total. The van der Waals surface area contributed by atoms with Crippen molar-refractivity contribution >= 4 is 32.4 Å². The van der Waals surface area contributed by atoms with Crippen molar-refractivity contribution in [2.24, 2.45) is 0 Å². The lowest BCUT2D eigenvalue weighted by Crippen LogP contribution is -2.39. The molecule has 2 aromatic carbocycles. The number of anilines is 1. The first-order valence-corrected chi connectivity index (χ1v) is 12.3. The summed E-state index contributed by atoms with van der Waals surface area (Å²) in [6, 6.07) is 16.3. The number of carbonyl (C=O) groups is 1. The molecule has 9 heteroatoms. The van der Waals surface area contributed by atoms with E-state index in [2.05, 4.69) is 10.3 Å². The minimum absolute atomic E-state index is 0.289. The van der Waals surface area contributed by atoms with Crippen LogP contribution in [0.4, 0.5) is 5.13 Å². The van der Waals surface area contributed by atoms with E-state index in [1.165, 1.54) is 15.6 Å². The molecular formula is C22H23N3O4S2. The standard InChI is InChI=1S/C22H23N3O4S2/c1-15(2)31(27,28)25-13-12-18-20(14-25)30-22(23-18)24-21(26)17-10-6-7-11-19(17)29-16-8-4-3-5-9-16/h3-11,15H,12-14H2,1-2H3,(H,23,24,26). The zero-order valence-corrected chi connectivity index (χ0v) is 18.9. The first kappa shape index (κ1) is 21.5. The summed E-state index contributed by atoms with van der Waals surface area (Å²) in [5.41, 5.74) is 1.23. The van der Waals surface area contributed by atoms with Gasteiger partial charge in [0.15, 0.2) is 5.13 Å². The normalized spacial score (nSPS) is 14.3. The molecule has 0 saturated heterocycles. The molecule has 3 aromatic rings. The van der Waals surface area contributed by atoms with Crippen molar-refractivity contribution in [1.29, 1.82) is 0 Å². The second-order valence-corrected chi connectivity index (χ2v) is 11.0. The van der Waals surface area contributed by atoms with Gasteiger partial charge in [0.1, 0.15) is 11.5 Å². The van der Waals surface area contributed by atoms with Crippen molar-refractivity contribution in [1.82, 2.24) is 9.29 Å². The molecule has 0 bridgehead atoms. The number of aromatic nitrogens is 1. The molecule has 0 unspecified atom stereocenters. The van der Waals surface area contributed by atoms with Gasteiger partial charge in [0.25, 0.3) is 5.91 Å². The van der Waals surface area contributed by atoms with Gasteiger partial charge in [-0.2, -0.15) is 4.31 Å². The molecule has 4 rings (SSSR count). The zero-order valence-electron chi connectivity index (χ0n) is 17.2. The topological polar surface area (TPSA) is 88.6 Å². The van der Waals surface area contributed by atoms with Gasteiger partial charge in [-0.3, -0.25) is 10.1 Å². The predicted molar refractivity (Wildman–Crippen MR) is 121 cm³/mol. The molecular weight excluding hydrogens is 434 g/mol. The number of ether oxygens (including phenoxy) is 1. The van der Waals surface area contributed by atoms with Gasteiger partial charge in [-0.05, 0) is 38.1 Å². The highest BCUT2D eigenvalue weighted by atomic mass is 32.2. The number of benzene rings is 2. The smallest absolute Gasteiger partial charge is 0.261 e. The van der Waals surface area contributed by atoms with Crippen molar-refractivity contribution in [3.05, 3.63) is 70.7 Å². The maximum Gasteiger partial charge on any atom is 0.261 e. The Labute approximate surface area is 185 Å². The highest BCUT2D eigenvalue weighted by Crippen LogP contribution is 2.31. The first-order valence-electron chi connectivity index (χ1n) is 9.95. The van der Waals surface area contributed by atoms with Crippen LogP contribution in [0.5, 0.6) is 11.5 Å². The predicted octanol–water partition coefficient (Wildman–Crippen LogP) is 4.28. The molecule has 1 aromatic heterocycles.